The number of nitrogens with zero attached hydrogens (tertiary/aromatic N) is 1. The average Bonchev–Trinajstić information content (AvgIpc) is 2.36. The predicted octanol–water partition coefficient (Wildman–Crippen LogP) is 2.25. The van der Waals surface area contributed by atoms with Crippen LogP contribution in [0.4, 0.5) is 0 Å². The minimum absolute atomic E-state index is 0.169. The minimum atomic E-state index is -0.469. The van der Waals surface area contributed by atoms with Gasteiger partial charge in [0, 0.05) is 13.2 Å². The molecule has 0 aliphatic carbocycles. The van der Waals surface area contributed by atoms with Crippen molar-refractivity contribution in [1.82, 2.24) is 5.32 Å². The summed E-state index contributed by atoms with van der Waals surface area (Å²) in [5, 5.41) is 11.9. The van der Waals surface area contributed by atoms with Crippen molar-refractivity contribution in [2.75, 3.05) is 6.61 Å². The molecule has 0 spiro atoms. The SMILES string of the molecule is CCOC(C)C(=O)NCc1ccc(C#N)c(Cl)c1. The molecule has 18 heavy (non-hydrogen) atoms. The monoisotopic (exact) mass is 266 g/mol. The quantitative estimate of drug-likeness (QED) is 0.889. The number of hydrogen-bond donors (Lipinski definition) is 1. The molecule has 5 heteroatoms. The molecule has 0 aliphatic rings. The highest BCUT2D eigenvalue weighted by molar-refractivity contribution is 6.31. The zero-order valence-corrected chi connectivity index (χ0v) is 11.1. The summed E-state index contributed by atoms with van der Waals surface area (Å²) in [5.74, 6) is -0.169. The second-order valence-corrected chi connectivity index (χ2v) is 4.15. The number of carbonyl (C=O) groups is 1. The van der Waals surface area contributed by atoms with Gasteiger partial charge in [-0.2, -0.15) is 5.26 Å². The molecule has 0 aromatic heterocycles. The summed E-state index contributed by atoms with van der Waals surface area (Å²) in [7, 11) is 0. The maximum absolute atomic E-state index is 11.6. The first-order valence-corrected chi connectivity index (χ1v) is 6.04. The lowest BCUT2D eigenvalue weighted by atomic mass is 10.1. The van der Waals surface area contributed by atoms with Crippen LogP contribution in [0.5, 0.6) is 0 Å². The van der Waals surface area contributed by atoms with E-state index in [0.29, 0.717) is 23.7 Å². The molecule has 0 saturated carbocycles. The lowest BCUT2D eigenvalue weighted by Crippen LogP contribution is -2.34. The number of rotatable bonds is 5. The first-order valence-electron chi connectivity index (χ1n) is 5.66. The van der Waals surface area contributed by atoms with E-state index >= 15 is 0 Å². The van der Waals surface area contributed by atoms with Gasteiger partial charge in [-0.3, -0.25) is 4.79 Å². The number of ether oxygens (including phenoxy) is 1. The molecule has 1 aromatic rings. The predicted molar refractivity (Wildman–Crippen MR) is 69.1 cm³/mol. The molecule has 1 aromatic carbocycles. The van der Waals surface area contributed by atoms with Crippen molar-refractivity contribution < 1.29 is 9.53 Å². The first kappa shape index (κ1) is 14.5. The Morgan fingerprint density at radius 1 is 1.61 bits per heavy atom. The van der Waals surface area contributed by atoms with Crippen molar-refractivity contribution in [3.63, 3.8) is 0 Å². The number of halogens is 1. The van der Waals surface area contributed by atoms with Crippen LogP contribution in [0, 0.1) is 11.3 Å². The molecule has 1 rings (SSSR count). The Kier molecular flexibility index (Phi) is 5.63. The van der Waals surface area contributed by atoms with E-state index in [2.05, 4.69) is 5.32 Å². The van der Waals surface area contributed by atoms with E-state index in [4.69, 9.17) is 21.6 Å². The summed E-state index contributed by atoms with van der Waals surface area (Å²) in [6.45, 7) is 4.40. The van der Waals surface area contributed by atoms with Gasteiger partial charge in [0.2, 0.25) is 5.91 Å². The fourth-order valence-electron chi connectivity index (χ4n) is 1.42. The van der Waals surface area contributed by atoms with Crippen molar-refractivity contribution in [2.45, 2.75) is 26.5 Å². The Morgan fingerprint density at radius 3 is 2.89 bits per heavy atom. The summed E-state index contributed by atoms with van der Waals surface area (Å²) in [5.41, 5.74) is 1.27. The highest BCUT2D eigenvalue weighted by Crippen LogP contribution is 2.16. The van der Waals surface area contributed by atoms with Gasteiger partial charge in [-0.05, 0) is 31.5 Å². The van der Waals surface area contributed by atoms with Crippen LogP contribution in [0.25, 0.3) is 0 Å². The van der Waals surface area contributed by atoms with Crippen LogP contribution in [-0.4, -0.2) is 18.6 Å². The van der Waals surface area contributed by atoms with Crippen LogP contribution < -0.4 is 5.32 Å². The standard InChI is InChI=1S/C13H15ClN2O2/c1-3-18-9(2)13(17)16-8-10-4-5-11(7-15)12(14)6-10/h4-6,9H,3,8H2,1-2H3,(H,16,17). The Hall–Kier alpha value is -1.57. The molecule has 4 nitrogen and oxygen atoms in total. The van der Waals surface area contributed by atoms with Crippen LogP contribution >= 0.6 is 11.6 Å². The number of nitriles is 1. The summed E-state index contributed by atoms with van der Waals surface area (Å²) in [6, 6.07) is 7.05. The van der Waals surface area contributed by atoms with Gasteiger partial charge in [0.25, 0.3) is 0 Å². The maximum atomic E-state index is 11.6. The molecule has 0 saturated heterocycles. The second-order valence-electron chi connectivity index (χ2n) is 3.74. The van der Waals surface area contributed by atoms with Gasteiger partial charge in [0.1, 0.15) is 12.2 Å². The number of nitrogens with one attached hydrogen (secondary N) is 1. The number of carbonyl (C=O) groups excluding carboxylic acids is 1. The Labute approximate surface area is 112 Å². The van der Waals surface area contributed by atoms with E-state index in [9.17, 15) is 4.79 Å². The maximum Gasteiger partial charge on any atom is 0.249 e. The van der Waals surface area contributed by atoms with E-state index in [1.54, 1.807) is 25.1 Å². The summed E-state index contributed by atoms with van der Waals surface area (Å²) in [6.07, 6.45) is -0.469. The van der Waals surface area contributed by atoms with Crippen molar-refractivity contribution in [2.24, 2.45) is 0 Å². The highest BCUT2D eigenvalue weighted by atomic mass is 35.5. The van der Waals surface area contributed by atoms with Gasteiger partial charge in [-0.25, -0.2) is 0 Å². The highest BCUT2D eigenvalue weighted by Gasteiger charge is 2.11. The fourth-order valence-corrected chi connectivity index (χ4v) is 1.66. The van der Waals surface area contributed by atoms with Gasteiger partial charge in [-0.15, -0.1) is 0 Å². The third kappa shape index (κ3) is 4.02. The molecule has 0 fully saturated rings. The first-order chi connectivity index (χ1) is 8.58. The Morgan fingerprint density at radius 2 is 2.33 bits per heavy atom. The Balaban J connectivity index is 2.57. The topological polar surface area (TPSA) is 62.1 Å². The minimum Gasteiger partial charge on any atom is -0.369 e. The molecule has 1 atom stereocenters. The van der Waals surface area contributed by atoms with E-state index in [1.165, 1.54) is 0 Å². The van der Waals surface area contributed by atoms with Crippen molar-refractivity contribution in [3.8, 4) is 6.07 Å². The van der Waals surface area contributed by atoms with Crippen LogP contribution in [0.2, 0.25) is 5.02 Å². The summed E-state index contributed by atoms with van der Waals surface area (Å²) in [4.78, 5) is 11.6. The molecule has 0 aliphatic heterocycles. The smallest absolute Gasteiger partial charge is 0.249 e. The van der Waals surface area contributed by atoms with E-state index < -0.39 is 6.10 Å². The average molecular weight is 267 g/mol. The molecular formula is C13H15ClN2O2. The van der Waals surface area contributed by atoms with Gasteiger partial charge in [0.05, 0.1) is 10.6 Å². The zero-order valence-electron chi connectivity index (χ0n) is 10.4. The van der Waals surface area contributed by atoms with Crippen LogP contribution in [-0.2, 0) is 16.1 Å². The summed E-state index contributed by atoms with van der Waals surface area (Å²) < 4.78 is 5.17. The molecule has 1 amide bonds. The molecule has 1 unspecified atom stereocenters. The fraction of sp³-hybridized carbons (Fsp3) is 0.385. The van der Waals surface area contributed by atoms with Crippen molar-refractivity contribution in [1.29, 1.82) is 5.26 Å². The van der Waals surface area contributed by atoms with Gasteiger partial charge in [-0.1, -0.05) is 17.7 Å². The van der Waals surface area contributed by atoms with Crippen LogP contribution in [0.1, 0.15) is 25.0 Å². The third-order valence-corrected chi connectivity index (χ3v) is 2.72. The van der Waals surface area contributed by atoms with Gasteiger partial charge in [0.15, 0.2) is 0 Å². The van der Waals surface area contributed by atoms with E-state index in [1.807, 2.05) is 13.0 Å². The molecule has 0 heterocycles. The normalized spacial score (nSPS) is 11.7. The number of amides is 1. The van der Waals surface area contributed by atoms with Gasteiger partial charge < -0.3 is 10.1 Å². The van der Waals surface area contributed by atoms with Gasteiger partial charge >= 0.3 is 0 Å². The molecule has 0 radical (unpaired) electrons. The molecule has 96 valence electrons. The molecule has 0 bridgehead atoms. The summed E-state index contributed by atoms with van der Waals surface area (Å²) >= 11 is 5.90. The van der Waals surface area contributed by atoms with Crippen LogP contribution in [0.15, 0.2) is 18.2 Å². The molecular weight excluding hydrogens is 252 g/mol. The Bertz CT molecular complexity index is 469. The van der Waals surface area contributed by atoms with E-state index in [0.717, 1.165) is 5.56 Å². The number of hydrogen-bond acceptors (Lipinski definition) is 3. The third-order valence-electron chi connectivity index (χ3n) is 2.41. The lowest BCUT2D eigenvalue weighted by Gasteiger charge is -2.12. The van der Waals surface area contributed by atoms with E-state index in [-0.39, 0.29) is 5.91 Å². The largest absolute Gasteiger partial charge is 0.369 e. The number of benzene rings is 1. The van der Waals surface area contributed by atoms with Crippen LogP contribution in [0.3, 0.4) is 0 Å². The van der Waals surface area contributed by atoms with Crippen molar-refractivity contribution >= 4 is 17.5 Å². The van der Waals surface area contributed by atoms with Crippen molar-refractivity contribution in [3.05, 3.63) is 34.3 Å². The molecule has 1 N–H and O–H groups in total. The zero-order chi connectivity index (χ0) is 13.5. The second kappa shape index (κ2) is 7.00. The lowest BCUT2D eigenvalue weighted by molar-refractivity contribution is -0.131.